The SMILES string of the molecule is Cc1cc(Nc2ccc(Br)cc2)n2nc(Cc3ccccc3)nc2n1. The summed E-state index contributed by atoms with van der Waals surface area (Å²) in [5.74, 6) is 2.20. The minimum absolute atomic E-state index is 0.602. The summed E-state index contributed by atoms with van der Waals surface area (Å²) in [4.78, 5) is 9.07. The number of hydrogen-bond acceptors (Lipinski definition) is 4. The number of rotatable bonds is 4. The predicted molar refractivity (Wildman–Crippen MR) is 102 cm³/mol. The molecule has 2 aromatic carbocycles. The molecule has 0 fully saturated rings. The highest BCUT2D eigenvalue weighted by molar-refractivity contribution is 9.10. The lowest BCUT2D eigenvalue weighted by Crippen LogP contribution is -2.02. The Bertz CT molecular complexity index is 1010. The van der Waals surface area contributed by atoms with E-state index < -0.39 is 0 Å². The molecule has 0 bridgehead atoms. The Morgan fingerprint density at radius 2 is 1.76 bits per heavy atom. The van der Waals surface area contributed by atoms with Crippen molar-refractivity contribution in [1.29, 1.82) is 0 Å². The third kappa shape index (κ3) is 3.53. The second kappa shape index (κ2) is 6.64. The van der Waals surface area contributed by atoms with Crippen LogP contribution in [0.4, 0.5) is 11.5 Å². The Hall–Kier alpha value is -2.73. The van der Waals surface area contributed by atoms with Crippen molar-refractivity contribution in [3.05, 3.63) is 82.2 Å². The fourth-order valence-electron chi connectivity index (χ4n) is 2.65. The first kappa shape index (κ1) is 15.8. The van der Waals surface area contributed by atoms with E-state index >= 15 is 0 Å². The maximum atomic E-state index is 4.63. The second-order valence-electron chi connectivity index (χ2n) is 5.82. The number of hydrogen-bond donors (Lipinski definition) is 1. The van der Waals surface area contributed by atoms with E-state index in [2.05, 4.69) is 48.4 Å². The normalized spacial score (nSPS) is 11.0. The van der Waals surface area contributed by atoms with Gasteiger partial charge in [0.2, 0.25) is 0 Å². The van der Waals surface area contributed by atoms with Crippen LogP contribution in [-0.4, -0.2) is 19.6 Å². The smallest absolute Gasteiger partial charge is 0.254 e. The van der Waals surface area contributed by atoms with Crippen LogP contribution in [-0.2, 0) is 6.42 Å². The van der Waals surface area contributed by atoms with Gasteiger partial charge in [-0.15, -0.1) is 5.10 Å². The van der Waals surface area contributed by atoms with E-state index in [0.717, 1.165) is 27.5 Å². The Kier molecular flexibility index (Phi) is 4.19. The highest BCUT2D eigenvalue weighted by atomic mass is 79.9. The highest BCUT2D eigenvalue weighted by Gasteiger charge is 2.11. The Morgan fingerprint density at radius 1 is 1.00 bits per heavy atom. The topological polar surface area (TPSA) is 55.1 Å². The van der Waals surface area contributed by atoms with Gasteiger partial charge in [0.1, 0.15) is 5.82 Å². The Morgan fingerprint density at radius 3 is 2.52 bits per heavy atom. The number of nitrogens with one attached hydrogen (secondary N) is 1. The molecule has 5 nitrogen and oxygen atoms in total. The van der Waals surface area contributed by atoms with E-state index in [1.54, 1.807) is 4.52 Å². The van der Waals surface area contributed by atoms with Crippen LogP contribution in [0.1, 0.15) is 17.1 Å². The van der Waals surface area contributed by atoms with Crippen molar-refractivity contribution < 1.29 is 0 Å². The lowest BCUT2D eigenvalue weighted by molar-refractivity contribution is 0.894. The molecule has 2 heterocycles. The summed E-state index contributed by atoms with van der Waals surface area (Å²) in [5, 5.41) is 8.03. The summed E-state index contributed by atoms with van der Waals surface area (Å²) in [6.45, 7) is 1.96. The second-order valence-corrected chi connectivity index (χ2v) is 6.73. The van der Waals surface area contributed by atoms with E-state index in [1.807, 2.05) is 55.5 Å². The average molecular weight is 394 g/mol. The van der Waals surface area contributed by atoms with Gasteiger partial charge in [-0.2, -0.15) is 9.50 Å². The van der Waals surface area contributed by atoms with Crippen LogP contribution in [0.3, 0.4) is 0 Å². The van der Waals surface area contributed by atoms with Crippen LogP contribution in [0.15, 0.2) is 65.1 Å². The summed E-state index contributed by atoms with van der Waals surface area (Å²) < 4.78 is 2.80. The summed E-state index contributed by atoms with van der Waals surface area (Å²) in [7, 11) is 0. The first-order chi connectivity index (χ1) is 12.2. The van der Waals surface area contributed by atoms with Crippen molar-refractivity contribution in [2.24, 2.45) is 0 Å². The number of anilines is 2. The highest BCUT2D eigenvalue weighted by Crippen LogP contribution is 2.20. The van der Waals surface area contributed by atoms with E-state index in [-0.39, 0.29) is 0 Å². The van der Waals surface area contributed by atoms with Gasteiger partial charge in [0.25, 0.3) is 5.78 Å². The number of aryl methyl sites for hydroxylation is 1. The minimum Gasteiger partial charge on any atom is -0.340 e. The Labute approximate surface area is 153 Å². The predicted octanol–water partition coefficient (Wildman–Crippen LogP) is 4.53. The Balaban J connectivity index is 1.70. The molecule has 25 heavy (non-hydrogen) atoms. The van der Waals surface area contributed by atoms with E-state index in [1.165, 1.54) is 5.56 Å². The van der Waals surface area contributed by atoms with Gasteiger partial charge in [-0.05, 0) is 36.8 Å². The molecule has 6 heteroatoms. The van der Waals surface area contributed by atoms with Crippen LogP contribution in [0.5, 0.6) is 0 Å². The number of nitrogens with zero attached hydrogens (tertiary/aromatic N) is 4. The first-order valence-electron chi connectivity index (χ1n) is 7.97. The average Bonchev–Trinajstić information content (AvgIpc) is 3.00. The zero-order chi connectivity index (χ0) is 17.2. The van der Waals surface area contributed by atoms with Crippen LogP contribution in [0, 0.1) is 6.92 Å². The molecule has 124 valence electrons. The van der Waals surface area contributed by atoms with Crippen LogP contribution in [0.2, 0.25) is 0 Å². The van der Waals surface area contributed by atoms with E-state index in [0.29, 0.717) is 12.2 Å². The van der Waals surface area contributed by atoms with Crippen LogP contribution < -0.4 is 5.32 Å². The first-order valence-corrected chi connectivity index (χ1v) is 8.76. The third-order valence-corrected chi connectivity index (χ3v) is 4.33. The van der Waals surface area contributed by atoms with Gasteiger partial charge >= 0.3 is 0 Å². The molecule has 0 saturated heterocycles. The van der Waals surface area contributed by atoms with Crippen molar-refractivity contribution >= 4 is 33.2 Å². The van der Waals surface area contributed by atoms with Gasteiger partial charge in [-0.3, -0.25) is 0 Å². The summed E-state index contributed by atoms with van der Waals surface area (Å²) in [6.07, 6.45) is 0.682. The number of aromatic nitrogens is 4. The maximum absolute atomic E-state index is 4.63. The van der Waals surface area contributed by atoms with Crippen molar-refractivity contribution in [2.45, 2.75) is 13.3 Å². The molecule has 0 aliphatic rings. The standard InChI is InChI=1S/C19H16BrN5/c1-13-11-18(22-16-9-7-15(20)8-10-16)25-19(21-13)23-17(24-25)12-14-5-3-2-4-6-14/h2-11,22H,12H2,1H3. The van der Waals surface area contributed by atoms with E-state index in [9.17, 15) is 0 Å². The van der Waals surface area contributed by atoms with Gasteiger partial charge < -0.3 is 5.32 Å². The molecule has 0 saturated carbocycles. The fraction of sp³-hybridized carbons (Fsp3) is 0.105. The van der Waals surface area contributed by atoms with Crippen LogP contribution in [0.25, 0.3) is 5.78 Å². The van der Waals surface area contributed by atoms with Crippen molar-refractivity contribution in [3.63, 3.8) is 0 Å². The van der Waals surface area contributed by atoms with Crippen molar-refractivity contribution in [3.8, 4) is 0 Å². The molecule has 2 aromatic heterocycles. The summed E-state index contributed by atoms with van der Waals surface area (Å²) in [5.41, 5.74) is 3.05. The molecule has 0 aliphatic carbocycles. The number of fused-ring (bicyclic) bond motifs is 1. The molecule has 4 aromatic rings. The largest absolute Gasteiger partial charge is 0.340 e. The molecule has 0 unspecified atom stereocenters. The van der Waals surface area contributed by atoms with Gasteiger partial charge in [0.05, 0.1) is 0 Å². The lowest BCUT2D eigenvalue weighted by Gasteiger charge is -2.08. The fourth-order valence-corrected chi connectivity index (χ4v) is 2.92. The van der Waals surface area contributed by atoms with Crippen molar-refractivity contribution in [1.82, 2.24) is 19.6 Å². The van der Waals surface area contributed by atoms with E-state index in [4.69, 9.17) is 0 Å². The van der Waals surface area contributed by atoms with Crippen molar-refractivity contribution in [2.75, 3.05) is 5.32 Å². The molecule has 4 rings (SSSR count). The number of benzene rings is 2. The molecule has 1 N–H and O–H groups in total. The third-order valence-electron chi connectivity index (χ3n) is 3.81. The molecule has 0 amide bonds. The quantitative estimate of drug-likeness (QED) is 0.553. The molecular formula is C19H16BrN5. The summed E-state index contributed by atoms with van der Waals surface area (Å²) in [6, 6.07) is 20.2. The zero-order valence-electron chi connectivity index (χ0n) is 13.6. The molecule has 0 radical (unpaired) electrons. The monoisotopic (exact) mass is 393 g/mol. The van der Waals surface area contributed by atoms with Gasteiger partial charge in [-0.25, -0.2) is 4.98 Å². The van der Waals surface area contributed by atoms with Crippen LogP contribution >= 0.6 is 15.9 Å². The van der Waals surface area contributed by atoms with Gasteiger partial charge in [0.15, 0.2) is 5.82 Å². The molecule has 0 aliphatic heterocycles. The lowest BCUT2D eigenvalue weighted by atomic mass is 10.1. The minimum atomic E-state index is 0.602. The van der Waals surface area contributed by atoms with Gasteiger partial charge in [0, 0.05) is 28.3 Å². The van der Waals surface area contributed by atoms with Gasteiger partial charge in [-0.1, -0.05) is 46.3 Å². The zero-order valence-corrected chi connectivity index (χ0v) is 15.2. The number of halogens is 1. The molecular weight excluding hydrogens is 378 g/mol. The summed E-state index contributed by atoms with van der Waals surface area (Å²) >= 11 is 3.45. The molecule has 0 spiro atoms. The maximum Gasteiger partial charge on any atom is 0.254 e. The molecule has 0 atom stereocenters.